The average molecular weight is 396 g/mol. The Balaban J connectivity index is 1.83. The molecule has 2 heterocycles. The Morgan fingerprint density at radius 1 is 1.07 bits per heavy atom. The molecule has 2 N–H and O–H groups in total. The molecule has 0 amide bonds. The highest BCUT2D eigenvalue weighted by atomic mass is 16.3. The van der Waals surface area contributed by atoms with Crippen molar-refractivity contribution in [2.24, 2.45) is 0 Å². The lowest BCUT2D eigenvalue weighted by Crippen LogP contribution is -2.46. The molecule has 1 aliphatic heterocycles. The van der Waals surface area contributed by atoms with Gasteiger partial charge in [-0.25, -0.2) is 0 Å². The third kappa shape index (κ3) is 4.85. The Kier molecular flexibility index (Phi) is 7.04. The summed E-state index contributed by atoms with van der Waals surface area (Å²) in [5.41, 5.74) is 1.94. The van der Waals surface area contributed by atoms with Crippen molar-refractivity contribution in [2.75, 3.05) is 39.3 Å². The molecule has 154 valence electrons. The second-order valence-electron chi connectivity index (χ2n) is 7.45. The number of aryl methyl sites for hydroxylation is 1. The summed E-state index contributed by atoms with van der Waals surface area (Å²) in [5, 5.41) is 29.5. The van der Waals surface area contributed by atoms with E-state index in [-0.39, 0.29) is 18.1 Å². The summed E-state index contributed by atoms with van der Waals surface area (Å²) in [6.45, 7) is 6.68. The number of benzene rings is 1. The van der Waals surface area contributed by atoms with E-state index in [0.717, 1.165) is 31.7 Å². The van der Waals surface area contributed by atoms with Crippen molar-refractivity contribution in [1.29, 1.82) is 5.26 Å². The highest BCUT2D eigenvalue weighted by Crippen LogP contribution is 2.24. The standard InChI is InChI=1S/C22H28N4O3/c1-17-19(15-23)21(28)26(8-7-18-5-3-2-4-6-18)22(29)20(17)16-25-11-9-24(10-12-25)13-14-27/h2-6,27,29H,7-14,16H2,1H3. The number of nitriles is 1. The number of aliphatic hydroxyl groups excluding tert-OH is 1. The maximum atomic E-state index is 12.8. The van der Waals surface area contributed by atoms with Crippen LogP contribution in [0.5, 0.6) is 5.88 Å². The summed E-state index contributed by atoms with van der Waals surface area (Å²) in [7, 11) is 0. The number of aromatic nitrogens is 1. The van der Waals surface area contributed by atoms with Gasteiger partial charge in [-0.1, -0.05) is 30.3 Å². The number of aromatic hydroxyl groups is 1. The van der Waals surface area contributed by atoms with Gasteiger partial charge in [0.2, 0.25) is 0 Å². The Hall–Kier alpha value is -2.66. The molecule has 0 saturated carbocycles. The monoisotopic (exact) mass is 396 g/mol. The van der Waals surface area contributed by atoms with Gasteiger partial charge < -0.3 is 10.2 Å². The van der Waals surface area contributed by atoms with Gasteiger partial charge in [0, 0.05) is 51.4 Å². The van der Waals surface area contributed by atoms with E-state index in [2.05, 4.69) is 9.80 Å². The van der Waals surface area contributed by atoms with E-state index < -0.39 is 5.56 Å². The van der Waals surface area contributed by atoms with Gasteiger partial charge in [-0.05, 0) is 24.5 Å². The molecule has 0 atom stereocenters. The Labute approximate surface area is 171 Å². The van der Waals surface area contributed by atoms with E-state index in [1.54, 1.807) is 6.92 Å². The fourth-order valence-electron chi connectivity index (χ4n) is 3.82. The third-order valence-electron chi connectivity index (χ3n) is 5.65. The van der Waals surface area contributed by atoms with Gasteiger partial charge in [-0.2, -0.15) is 5.26 Å². The quantitative estimate of drug-likeness (QED) is 0.728. The highest BCUT2D eigenvalue weighted by Gasteiger charge is 2.23. The molecular weight excluding hydrogens is 368 g/mol. The molecule has 1 aromatic carbocycles. The molecule has 1 aliphatic rings. The van der Waals surface area contributed by atoms with Crippen LogP contribution in [0.1, 0.15) is 22.3 Å². The first-order valence-corrected chi connectivity index (χ1v) is 10.00. The smallest absolute Gasteiger partial charge is 0.271 e. The van der Waals surface area contributed by atoms with Crippen molar-refractivity contribution in [3.05, 3.63) is 62.9 Å². The van der Waals surface area contributed by atoms with Gasteiger partial charge in [-0.3, -0.25) is 19.2 Å². The van der Waals surface area contributed by atoms with Crippen LogP contribution >= 0.6 is 0 Å². The Morgan fingerprint density at radius 3 is 2.34 bits per heavy atom. The van der Waals surface area contributed by atoms with Gasteiger partial charge in [0.15, 0.2) is 5.88 Å². The molecule has 2 aromatic rings. The lowest BCUT2D eigenvalue weighted by molar-refractivity contribution is 0.107. The topological polar surface area (TPSA) is 92.7 Å². The molecule has 7 nitrogen and oxygen atoms in total. The van der Waals surface area contributed by atoms with Crippen molar-refractivity contribution in [1.82, 2.24) is 14.4 Å². The molecule has 1 saturated heterocycles. The lowest BCUT2D eigenvalue weighted by Gasteiger charge is -2.34. The van der Waals surface area contributed by atoms with Gasteiger partial charge >= 0.3 is 0 Å². The van der Waals surface area contributed by atoms with Crippen LogP contribution in [-0.4, -0.2) is 63.9 Å². The van der Waals surface area contributed by atoms with Crippen LogP contribution in [0.2, 0.25) is 0 Å². The summed E-state index contributed by atoms with van der Waals surface area (Å²) < 4.78 is 1.33. The number of hydrogen-bond acceptors (Lipinski definition) is 6. The number of β-amino-alcohol motifs (C(OH)–C–C–N with tert-alkyl or cyclic N) is 1. The van der Waals surface area contributed by atoms with Crippen LogP contribution in [0.25, 0.3) is 0 Å². The van der Waals surface area contributed by atoms with Crippen LogP contribution in [0, 0.1) is 18.3 Å². The third-order valence-corrected chi connectivity index (χ3v) is 5.65. The minimum absolute atomic E-state index is 0.0415. The summed E-state index contributed by atoms with van der Waals surface area (Å²) in [6, 6.07) is 11.8. The molecular formula is C22H28N4O3. The molecule has 7 heteroatoms. The van der Waals surface area contributed by atoms with Crippen molar-refractivity contribution < 1.29 is 10.2 Å². The summed E-state index contributed by atoms with van der Waals surface area (Å²) in [4.78, 5) is 17.2. The largest absolute Gasteiger partial charge is 0.494 e. The molecule has 0 radical (unpaired) electrons. The first-order valence-electron chi connectivity index (χ1n) is 10.00. The molecule has 29 heavy (non-hydrogen) atoms. The summed E-state index contributed by atoms with van der Waals surface area (Å²) >= 11 is 0. The predicted molar refractivity (Wildman–Crippen MR) is 111 cm³/mol. The van der Waals surface area contributed by atoms with E-state index in [0.29, 0.717) is 37.2 Å². The minimum atomic E-state index is -0.435. The molecule has 1 aromatic heterocycles. The van der Waals surface area contributed by atoms with E-state index >= 15 is 0 Å². The van der Waals surface area contributed by atoms with E-state index in [1.807, 2.05) is 36.4 Å². The molecule has 0 spiro atoms. The second-order valence-corrected chi connectivity index (χ2v) is 7.45. The zero-order valence-electron chi connectivity index (χ0n) is 16.8. The number of nitrogens with zero attached hydrogens (tertiary/aromatic N) is 4. The first kappa shape index (κ1) is 21.1. The van der Waals surface area contributed by atoms with Gasteiger partial charge in [0.25, 0.3) is 5.56 Å². The average Bonchev–Trinajstić information content (AvgIpc) is 2.73. The van der Waals surface area contributed by atoms with Gasteiger partial charge in [0.05, 0.1) is 6.61 Å². The van der Waals surface area contributed by atoms with Crippen molar-refractivity contribution in [2.45, 2.75) is 26.4 Å². The fraction of sp³-hybridized carbons (Fsp3) is 0.455. The predicted octanol–water partition coefficient (Wildman–Crippen LogP) is 1.09. The lowest BCUT2D eigenvalue weighted by atomic mass is 10.0. The summed E-state index contributed by atoms with van der Waals surface area (Å²) in [5.74, 6) is -0.0415. The van der Waals surface area contributed by atoms with E-state index in [1.165, 1.54) is 4.57 Å². The van der Waals surface area contributed by atoms with Crippen molar-refractivity contribution >= 4 is 0 Å². The van der Waals surface area contributed by atoms with Crippen molar-refractivity contribution in [3.63, 3.8) is 0 Å². The van der Waals surface area contributed by atoms with Crippen LogP contribution in [-0.2, 0) is 19.5 Å². The number of pyridine rings is 1. The zero-order valence-corrected chi connectivity index (χ0v) is 16.8. The molecule has 0 unspecified atom stereocenters. The number of piperazine rings is 1. The maximum absolute atomic E-state index is 12.8. The van der Waals surface area contributed by atoms with Gasteiger partial charge in [0.1, 0.15) is 11.6 Å². The summed E-state index contributed by atoms with van der Waals surface area (Å²) in [6.07, 6.45) is 0.599. The van der Waals surface area contributed by atoms with Crippen LogP contribution in [0.15, 0.2) is 35.1 Å². The highest BCUT2D eigenvalue weighted by molar-refractivity contribution is 5.45. The maximum Gasteiger partial charge on any atom is 0.271 e. The van der Waals surface area contributed by atoms with Crippen molar-refractivity contribution in [3.8, 4) is 11.9 Å². The molecule has 3 rings (SSSR count). The Morgan fingerprint density at radius 2 is 1.72 bits per heavy atom. The van der Waals surface area contributed by atoms with E-state index in [9.17, 15) is 15.2 Å². The fourth-order valence-corrected chi connectivity index (χ4v) is 3.82. The normalized spacial score (nSPS) is 15.3. The van der Waals surface area contributed by atoms with Crippen LogP contribution < -0.4 is 5.56 Å². The number of aliphatic hydroxyl groups is 1. The Bertz CT molecular complexity index is 926. The van der Waals surface area contributed by atoms with Gasteiger partial charge in [-0.15, -0.1) is 0 Å². The SMILES string of the molecule is Cc1c(CN2CCN(CCO)CC2)c(O)n(CCc2ccccc2)c(=O)c1C#N. The number of rotatable bonds is 7. The van der Waals surface area contributed by atoms with Crippen LogP contribution in [0.3, 0.4) is 0 Å². The minimum Gasteiger partial charge on any atom is -0.494 e. The molecule has 1 fully saturated rings. The number of hydrogen-bond donors (Lipinski definition) is 2. The van der Waals surface area contributed by atoms with Crippen LogP contribution in [0.4, 0.5) is 0 Å². The molecule has 0 aliphatic carbocycles. The molecule has 0 bridgehead atoms. The second kappa shape index (κ2) is 9.70. The first-order chi connectivity index (χ1) is 14.0. The zero-order chi connectivity index (χ0) is 20.8. The van der Waals surface area contributed by atoms with E-state index in [4.69, 9.17) is 5.11 Å².